The number of ether oxygens (including phenoxy) is 1. The molecule has 33 heavy (non-hydrogen) atoms. The summed E-state index contributed by atoms with van der Waals surface area (Å²) < 4.78 is 111. The molecule has 0 spiro atoms. The van der Waals surface area contributed by atoms with Gasteiger partial charge in [-0.05, 0) is 24.3 Å². The molecular formula is C19H14F8N4O2. The van der Waals surface area contributed by atoms with E-state index in [-0.39, 0.29) is 11.4 Å². The zero-order valence-electron chi connectivity index (χ0n) is 16.6. The van der Waals surface area contributed by atoms with Gasteiger partial charge in [-0.3, -0.25) is 14.5 Å². The Balaban J connectivity index is 2.12. The van der Waals surface area contributed by atoms with Gasteiger partial charge in [-0.2, -0.15) is 40.2 Å². The minimum absolute atomic E-state index is 0.204. The lowest BCUT2D eigenvalue weighted by Crippen LogP contribution is -2.30. The third kappa shape index (κ3) is 5.31. The van der Waals surface area contributed by atoms with Crippen molar-refractivity contribution in [1.82, 2.24) is 19.7 Å². The van der Waals surface area contributed by atoms with Crippen molar-refractivity contribution >= 4 is 0 Å². The van der Waals surface area contributed by atoms with E-state index in [0.717, 1.165) is 31.2 Å². The number of alkyl halides is 8. The molecule has 0 atom stereocenters. The van der Waals surface area contributed by atoms with Crippen LogP contribution in [-0.4, -0.2) is 32.5 Å². The van der Waals surface area contributed by atoms with E-state index in [9.17, 15) is 39.9 Å². The van der Waals surface area contributed by atoms with Gasteiger partial charge in [-0.25, -0.2) is 4.98 Å². The fourth-order valence-corrected chi connectivity index (χ4v) is 2.83. The van der Waals surface area contributed by atoms with Crippen molar-refractivity contribution in [2.24, 2.45) is 0 Å². The first-order valence-corrected chi connectivity index (χ1v) is 9.16. The Labute approximate surface area is 179 Å². The highest BCUT2D eigenvalue weighted by Crippen LogP contribution is 2.36. The molecule has 0 fully saturated rings. The molecule has 6 nitrogen and oxygen atoms in total. The number of benzene rings is 1. The lowest BCUT2D eigenvalue weighted by Gasteiger charge is -2.20. The van der Waals surface area contributed by atoms with E-state index < -0.39 is 59.6 Å². The highest BCUT2D eigenvalue weighted by atomic mass is 19.4. The molecule has 3 rings (SSSR count). The van der Waals surface area contributed by atoms with E-state index in [1.807, 2.05) is 0 Å². The highest BCUT2D eigenvalue weighted by Gasteiger charge is 2.39. The van der Waals surface area contributed by atoms with E-state index in [2.05, 4.69) is 14.8 Å². The summed E-state index contributed by atoms with van der Waals surface area (Å²) in [5, 5.41) is 4.96. The number of halogens is 8. The first-order chi connectivity index (χ1) is 15.2. The van der Waals surface area contributed by atoms with Gasteiger partial charge in [0.2, 0.25) is 0 Å². The maximum Gasteiger partial charge on any atom is 0.433 e. The molecule has 0 amide bonds. The Morgan fingerprint density at radius 1 is 1.03 bits per heavy atom. The molecule has 14 heteroatoms. The third-order valence-corrected chi connectivity index (χ3v) is 4.39. The molecule has 1 aromatic carbocycles. The zero-order valence-corrected chi connectivity index (χ0v) is 16.6. The van der Waals surface area contributed by atoms with Gasteiger partial charge in [-0.15, -0.1) is 0 Å². The van der Waals surface area contributed by atoms with Crippen molar-refractivity contribution in [3.05, 3.63) is 58.4 Å². The molecule has 1 N–H and O–H groups in total. The fraction of sp³-hybridized carbons (Fsp3) is 0.316. The van der Waals surface area contributed by atoms with E-state index in [1.54, 1.807) is 5.10 Å². The summed E-state index contributed by atoms with van der Waals surface area (Å²) in [5.74, 6) is -5.13. The average molecular weight is 482 g/mol. The second-order valence-electron chi connectivity index (χ2n) is 6.75. The van der Waals surface area contributed by atoms with Gasteiger partial charge in [0.05, 0.1) is 23.1 Å². The molecule has 0 aliphatic rings. The van der Waals surface area contributed by atoms with E-state index in [4.69, 9.17) is 0 Å². The average Bonchev–Trinajstić information content (AvgIpc) is 3.22. The maximum atomic E-state index is 14.7. The van der Waals surface area contributed by atoms with Crippen LogP contribution in [-0.2, 0) is 12.1 Å². The molecule has 2 heterocycles. The molecule has 0 saturated heterocycles. The van der Waals surface area contributed by atoms with Crippen molar-refractivity contribution in [3.63, 3.8) is 0 Å². The summed E-state index contributed by atoms with van der Waals surface area (Å²) in [5.41, 5.74) is -4.09. The van der Waals surface area contributed by atoms with Crippen LogP contribution in [0.5, 0.6) is 5.75 Å². The normalized spacial score (nSPS) is 12.8. The Hall–Kier alpha value is -3.45. The number of nitrogens with zero attached hydrogens (tertiary/aromatic N) is 3. The van der Waals surface area contributed by atoms with E-state index in [1.165, 1.54) is 0 Å². The monoisotopic (exact) mass is 482 g/mol. The van der Waals surface area contributed by atoms with Gasteiger partial charge in [0, 0.05) is 12.5 Å². The van der Waals surface area contributed by atoms with Crippen LogP contribution in [0.25, 0.3) is 16.9 Å². The third-order valence-electron chi connectivity index (χ3n) is 4.39. The number of hydrogen-bond donors (Lipinski definition) is 1. The largest absolute Gasteiger partial charge is 0.484 e. The van der Waals surface area contributed by atoms with Gasteiger partial charge in [0.25, 0.3) is 5.56 Å². The molecule has 0 radical (unpaired) electrons. The Bertz CT molecular complexity index is 1180. The van der Waals surface area contributed by atoms with Crippen LogP contribution in [0, 0.1) is 0 Å². The summed E-state index contributed by atoms with van der Waals surface area (Å²) in [7, 11) is 0. The van der Waals surface area contributed by atoms with Gasteiger partial charge in [0.15, 0.2) is 12.4 Å². The van der Waals surface area contributed by atoms with Crippen molar-refractivity contribution in [1.29, 1.82) is 0 Å². The van der Waals surface area contributed by atoms with Gasteiger partial charge < -0.3 is 4.74 Å². The second kappa shape index (κ2) is 8.48. The van der Waals surface area contributed by atoms with Gasteiger partial charge in [-0.1, -0.05) is 6.92 Å². The smallest absolute Gasteiger partial charge is 0.433 e. The molecular weight excluding hydrogens is 468 g/mol. The predicted molar refractivity (Wildman–Crippen MR) is 98.2 cm³/mol. The summed E-state index contributed by atoms with van der Waals surface area (Å²) in [6.45, 7) is -0.510. The molecule has 0 aliphatic heterocycles. The number of aromatic nitrogens is 4. The lowest BCUT2D eigenvalue weighted by atomic mass is 10.1. The molecule has 2 aromatic heterocycles. The fourth-order valence-electron chi connectivity index (χ4n) is 2.83. The SMILES string of the molecule is CCC(F)(F)c1nc(-c2cn[nH]c2C(F)(F)F)cc(=O)n1-c1ccc(OCC(F)(F)F)cc1. The topological polar surface area (TPSA) is 72.8 Å². The van der Waals surface area contributed by atoms with Crippen LogP contribution in [0.1, 0.15) is 24.9 Å². The first kappa shape index (κ1) is 24.2. The summed E-state index contributed by atoms with van der Waals surface area (Å²) in [4.78, 5) is 16.4. The summed E-state index contributed by atoms with van der Waals surface area (Å²) >= 11 is 0. The maximum absolute atomic E-state index is 14.7. The number of H-pyrrole nitrogens is 1. The van der Waals surface area contributed by atoms with Crippen LogP contribution in [0.15, 0.2) is 41.3 Å². The molecule has 0 bridgehead atoms. The van der Waals surface area contributed by atoms with Crippen molar-refractivity contribution in [3.8, 4) is 22.7 Å². The second-order valence-corrected chi connectivity index (χ2v) is 6.75. The van der Waals surface area contributed by atoms with Gasteiger partial charge in [0.1, 0.15) is 11.4 Å². The number of rotatable bonds is 6. The van der Waals surface area contributed by atoms with Crippen molar-refractivity contribution < 1.29 is 39.9 Å². The van der Waals surface area contributed by atoms with Crippen LogP contribution in [0.2, 0.25) is 0 Å². The minimum atomic E-state index is -4.91. The Morgan fingerprint density at radius 3 is 2.21 bits per heavy atom. The number of nitrogens with one attached hydrogen (secondary N) is 1. The van der Waals surface area contributed by atoms with Crippen LogP contribution < -0.4 is 10.3 Å². The van der Waals surface area contributed by atoms with Crippen LogP contribution in [0.4, 0.5) is 35.1 Å². The molecule has 0 saturated carbocycles. The summed E-state index contributed by atoms with van der Waals surface area (Å²) in [6.07, 6.45) is -9.65. The molecule has 178 valence electrons. The van der Waals surface area contributed by atoms with Crippen molar-refractivity contribution in [2.75, 3.05) is 6.61 Å². The quantitative estimate of drug-likeness (QED) is 0.498. The number of hydrogen-bond acceptors (Lipinski definition) is 4. The lowest BCUT2D eigenvalue weighted by molar-refractivity contribution is -0.153. The minimum Gasteiger partial charge on any atom is -0.484 e. The summed E-state index contributed by atoms with van der Waals surface area (Å²) in [6, 6.07) is 4.76. The van der Waals surface area contributed by atoms with Crippen molar-refractivity contribution in [2.45, 2.75) is 31.6 Å². The van der Waals surface area contributed by atoms with E-state index >= 15 is 0 Å². The standard InChI is InChI=1S/C19H14F8N4O2/c1-2-17(20,21)16-29-13(12-8-28-30-15(12)19(25,26)27)7-14(32)31(16)10-3-5-11(6-4-10)33-9-18(22,23)24/h3-8H,2,9H2,1H3,(H,28,30). The van der Waals surface area contributed by atoms with Crippen LogP contribution >= 0.6 is 0 Å². The van der Waals surface area contributed by atoms with Gasteiger partial charge >= 0.3 is 18.3 Å². The van der Waals surface area contributed by atoms with E-state index in [0.29, 0.717) is 16.8 Å². The zero-order chi connectivity index (χ0) is 24.6. The molecule has 0 aliphatic carbocycles. The molecule has 3 aromatic rings. The first-order valence-electron chi connectivity index (χ1n) is 9.16. The highest BCUT2D eigenvalue weighted by molar-refractivity contribution is 5.62. The Morgan fingerprint density at radius 2 is 1.67 bits per heavy atom. The predicted octanol–water partition coefficient (Wildman–Crippen LogP) is 5.08. The number of aromatic amines is 1. The molecule has 0 unspecified atom stereocenters. The Kier molecular flexibility index (Phi) is 6.22. The van der Waals surface area contributed by atoms with Crippen LogP contribution in [0.3, 0.4) is 0 Å².